The molecule has 0 aromatic carbocycles. The van der Waals surface area contributed by atoms with Gasteiger partial charge in [0.25, 0.3) is 0 Å². The molecule has 0 fully saturated rings. The van der Waals surface area contributed by atoms with Gasteiger partial charge in [0.1, 0.15) is 0 Å². The van der Waals surface area contributed by atoms with Crippen molar-refractivity contribution in [2.45, 2.75) is 26.3 Å². The van der Waals surface area contributed by atoms with Gasteiger partial charge in [-0.05, 0) is 18.6 Å². The number of hydrogen-bond donors (Lipinski definition) is 0. The number of anilines is 1. The molecule has 2 aromatic heterocycles. The van der Waals surface area contributed by atoms with Crippen LogP contribution in [-0.2, 0) is 22.5 Å². The average Bonchev–Trinajstić information content (AvgIpc) is 2.95. The molecule has 21 heavy (non-hydrogen) atoms. The standard InChI is InChI=1S/C15H19N3O2S/c1-3-20-14(19)7-6-13-11-21-15(17-13)18(2)10-12-5-4-8-16-9-12/h4-5,8-9,11H,3,6-7,10H2,1-2H3. The quantitative estimate of drug-likeness (QED) is 0.736. The Morgan fingerprint density at radius 2 is 2.33 bits per heavy atom. The lowest BCUT2D eigenvalue weighted by Gasteiger charge is -2.15. The normalized spacial score (nSPS) is 10.4. The molecule has 0 atom stereocenters. The van der Waals surface area contributed by atoms with Crippen LogP contribution in [0.15, 0.2) is 29.9 Å². The maximum Gasteiger partial charge on any atom is 0.306 e. The molecule has 0 radical (unpaired) electrons. The number of aryl methyl sites for hydroxylation is 1. The van der Waals surface area contributed by atoms with Crippen LogP contribution in [0, 0.1) is 0 Å². The molecular formula is C15H19N3O2S. The number of aromatic nitrogens is 2. The van der Waals surface area contributed by atoms with Gasteiger partial charge in [0.05, 0.1) is 18.7 Å². The van der Waals surface area contributed by atoms with Crippen LogP contribution in [0.2, 0.25) is 0 Å². The largest absolute Gasteiger partial charge is 0.466 e. The summed E-state index contributed by atoms with van der Waals surface area (Å²) in [6.45, 7) is 3.00. The molecule has 0 unspecified atom stereocenters. The highest BCUT2D eigenvalue weighted by Crippen LogP contribution is 2.21. The van der Waals surface area contributed by atoms with Gasteiger partial charge in [0.15, 0.2) is 5.13 Å². The Kier molecular flexibility index (Phi) is 5.68. The minimum atomic E-state index is -0.171. The molecule has 112 valence electrons. The molecule has 0 aliphatic heterocycles. The Bertz CT molecular complexity index is 571. The van der Waals surface area contributed by atoms with Crippen LogP contribution < -0.4 is 4.90 Å². The third kappa shape index (κ3) is 4.82. The minimum Gasteiger partial charge on any atom is -0.466 e. The van der Waals surface area contributed by atoms with Gasteiger partial charge < -0.3 is 9.64 Å². The summed E-state index contributed by atoms with van der Waals surface area (Å²) < 4.78 is 4.92. The predicted octanol–water partition coefficient (Wildman–Crippen LogP) is 2.67. The first-order valence-electron chi connectivity index (χ1n) is 6.89. The molecule has 2 heterocycles. The second-order valence-electron chi connectivity index (χ2n) is 4.64. The van der Waals surface area contributed by atoms with Crippen molar-refractivity contribution in [3.8, 4) is 0 Å². The van der Waals surface area contributed by atoms with Gasteiger partial charge in [-0.1, -0.05) is 6.07 Å². The predicted molar refractivity (Wildman–Crippen MR) is 83.4 cm³/mol. The number of nitrogens with zero attached hydrogens (tertiary/aromatic N) is 3. The molecule has 0 aliphatic rings. The van der Waals surface area contributed by atoms with Gasteiger partial charge in [0, 0.05) is 37.8 Å². The molecule has 0 saturated heterocycles. The summed E-state index contributed by atoms with van der Waals surface area (Å²) in [4.78, 5) is 22.1. The summed E-state index contributed by atoms with van der Waals surface area (Å²) in [6.07, 6.45) is 4.62. The molecule has 6 heteroatoms. The van der Waals surface area contributed by atoms with E-state index in [0.717, 1.165) is 22.9 Å². The van der Waals surface area contributed by atoms with E-state index in [-0.39, 0.29) is 5.97 Å². The molecular weight excluding hydrogens is 286 g/mol. The van der Waals surface area contributed by atoms with Gasteiger partial charge in [-0.15, -0.1) is 11.3 Å². The number of carbonyl (C=O) groups excluding carboxylic acids is 1. The fraction of sp³-hybridized carbons (Fsp3) is 0.400. The minimum absolute atomic E-state index is 0.171. The van der Waals surface area contributed by atoms with Gasteiger partial charge >= 0.3 is 5.97 Å². The lowest BCUT2D eigenvalue weighted by Crippen LogP contribution is -2.16. The van der Waals surface area contributed by atoms with Crippen LogP contribution in [0.1, 0.15) is 24.6 Å². The molecule has 2 rings (SSSR count). The molecule has 0 aliphatic carbocycles. The van der Waals surface area contributed by atoms with Crippen LogP contribution in [0.3, 0.4) is 0 Å². The van der Waals surface area contributed by atoms with E-state index in [4.69, 9.17) is 4.74 Å². The summed E-state index contributed by atoms with van der Waals surface area (Å²) >= 11 is 1.58. The summed E-state index contributed by atoms with van der Waals surface area (Å²) in [6, 6.07) is 3.97. The number of carbonyl (C=O) groups is 1. The number of thiazole rings is 1. The summed E-state index contributed by atoms with van der Waals surface area (Å²) in [5.74, 6) is -0.171. The molecule has 5 nitrogen and oxygen atoms in total. The second-order valence-corrected chi connectivity index (χ2v) is 5.48. The highest BCUT2D eigenvalue weighted by Gasteiger charge is 2.09. The van der Waals surface area contributed by atoms with Crippen molar-refractivity contribution in [1.82, 2.24) is 9.97 Å². The van der Waals surface area contributed by atoms with E-state index in [2.05, 4.69) is 14.9 Å². The van der Waals surface area contributed by atoms with Crippen LogP contribution >= 0.6 is 11.3 Å². The Morgan fingerprint density at radius 1 is 1.48 bits per heavy atom. The van der Waals surface area contributed by atoms with Crippen molar-refractivity contribution in [1.29, 1.82) is 0 Å². The highest BCUT2D eigenvalue weighted by atomic mass is 32.1. The zero-order chi connectivity index (χ0) is 15.1. The SMILES string of the molecule is CCOC(=O)CCc1csc(N(C)Cc2cccnc2)n1. The van der Waals surface area contributed by atoms with Gasteiger partial charge in [0.2, 0.25) is 0 Å². The summed E-state index contributed by atoms with van der Waals surface area (Å²) in [7, 11) is 2.00. The smallest absolute Gasteiger partial charge is 0.306 e. The number of rotatable bonds is 7. The van der Waals surface area contributed by atoms with E-state index in [9.17, 15) is 4.79 Å². The van der Waals surface area contributed by atoms with Crippen molar-refractivity contribution in [2.75, 3.05) is 18.6 Å². The Labute approximate surface area is 128 Å². The number of ether oxygens (including phenoxy) is 1. The van der Waals surface area contributed by atoms with E-state index in [1.54, 1.807) is 17.5 Å². The van der Waals surface area contributed by atoms with Crippen molar-refractivity contribution in [2.24, 2.45) is 0 Å². The van der Waals surface area contributed by atoms with Crippen LogP contribution in [0.25, 0.3) is 0 Å². The van der Waals surface area contributed by atoms with E-state index in [1.165, 1.54) is 0 Å². The first-order valence-corrected chi connectivity index (χ1v) is 7.77. The van der Waals surface area contributed by atoms with Gasteiger partial charge in [-0.25, -0.2) is 4.98 Å². The Morgan fingerprint density at radius 3 is 3.05 bits per heavy atom. The first-order chi connectivity index (χ1) is 10.2. The van der Waals surface area contributed by atoms with Gasteiger partial charge in [-0.3, -0.25) is 9.78 Å². The van der Waals surface area contributed by atoms with Crippen molar-refractivity contribution >= 4 is 22.4 Å². The second kappa shape index (κ2) is 7.73. The third-order valence-electron chi connectivity index (χ3n) is 2.90. The zero-order valence-corrected chi connectivity index (χ0v) is 13.1. The molecule has 0 bridgehead atoms. The first kappa shape index (κ1) is 15.4. The number of hydrogen-bond acceptors (Lipinski definition) is 6. The maximum absolute atomic E-state index is 11.3. The average molecular weight is 305 g/mol. The molecule has 0 amide bonds. The lowest BCUT2D eigenvalue weighted by molar-refractivity contribution is -0.143. The topological polar surface area (TPSA) is 55.3 Å². The zero-order valence-electron chi connectivity index (χ0n) is 12.3. The van der Waals surface area contributed by atoms with E-state index in [1.807, 2.05) is 37.7 Å². The maximum atomic E-state index is 11.3. The van der Waals surface area contributed by atoms with E-state index in [0.29, 0.717) is 19.4 Å². The van der Waals surface area contributed by atoms with Crippen LogP contribution in [0.4, 0.5) is 5.13 Å². The highest BCUT2D eigenvalue weighted by molar-refractivity contribution is 7.13. The summed E-state index contributed by atoms with van der Waals surface area (Å²) in [5.41, 5.74) is 2.07. The fourth-order valence-electron chi connectivity index (χ4n) is 1.88. The van der Waals surface area contributed by atoms with Crippen LogP contribution in [0.5, 0.6) is 0 Å². The third-order valence-corrected chi connectivity index (χ3v) is 3.90. The number of pyridine rings is 1. The molecule has 0 N–H and O–H groups in total. The summed E-state index contributed by atoms with van der Waals surface area (Å²) in [5, 5.41) is 2.94. The van der Waals surface area contributed by atoms with Gasteiger partial charge in [-0.2, -0.15) is 0 Å². The lowest BCUT2D eigenvalue weighted by atomic mass is 10.2. The fourth-order valence-corrected chi connectivity index (χ4v) is 2.71. The van der Waals surface area contributed by atoms with Crippen LogP contribution in [-0.4, -0.2) is 29.6 Å². The van der Waals surface area contributed by atoms with Crippen molar-refractivity contribution in [3.05, 3.63) is 41.2 Å². The van der Waals surface area contributed by atoms with E-state index >= 15 is 0 Å². The molecule has 0 saturated carbocycles. The van der Waals surface area contributed by atoms with E-state index < -0.39 is 0 Å². The molecule has 0 spiro atoms. The van der Waals surface area contributed by atoms with Crippen molar-refractivity contribution in [3.63, 3.8) is 0 Å². The monoisotopic (exact) mass is 305 g/mol. The molecule has 2 aromatic rings. The number of esters is 1. The Hall–Kier alpha value is -1.95. The van der Waals surface area contributed by atoms with Crippen molar-refractivity contribution < 1.29 is 9.53 Å². The Balaban J connectivity index is 1.88.